The molecule has 0 N–H and O–H groups in total. The van der Waals surface area contributed by atoms with Gasteiger partial charge >= 0.3 is 5.97 Å². The summed E-state index contributed by atoms with van der Waals surface area (Å²) in [5.41, 5.74) is 0.198. The highest BCUT2D eigenvalue weighted by Gasteiger charge is 2.16. The largest absolute Gasteiger partial charge is 0.462 e. The third-order valence-corrected chi connectivity index (χ3v) is 4.01. The average Bonchev–Trinajstić information content (AvgIpc) is 2.16. The zero-order valence-electron chi connectivity index (χ0n) is 8.24. The lowest BCUT2D eigenvalue weighted by Gasteiger charge is -2.05. The average molecular weight is 375 g/mol. The first kappa shape index (κ1) is 13.7. The second-order valence-electron chi connectivity index (χ2n) is 2.80. The Bertz CT molecular complexity index is 512. The monoisotopic (exact) mass is 374 g/mol. The number of esters is 1. The maximum atomic E-state index is 11.5. The summed E-state index contributed by atoms with van der Waals surface area (Å²) >= 11 is 1.92. The van der Waals surface area contributed by atoms with Crippen molar-refractivity contribution >= 4 is 48.3 Å². The number of hydrogen-bond acceptors (Lipinski definition) is 4. The van der Waals surface area contributed by atoms with Gasteiger partial charge in [-0.05, 0) is 47.7 Å². The maximum Gasteiger partial charge on any atom is 0.339 e. The minimum absolute atomic E-state index is 0.113. The number of benzene rings is 1. The fourth-order valence-electron chi connectivity index (χ4n) is 1.02. The van der Waals surface area contributed by atoms with Crippen LogP contribution in [0.4, 0.5) is 0 Å². The fourth-order valence-corrected chi connectivity index (χ4v) is 2.35. The van der Waals surface area contributed by atoms with E-state index in [1.54, 1.807) is 6.92 Å². The van der Waals surface area contributed by atoms with Crippen molar-refractivity contribution < 1.29 is 17.9 Å². The number of carbonyl (C=O) groups is 1. The van der Waals surface area contributed by atoms with Crippen LogP contribution < -0.4 is 0 Å². The predicted molar refractivity (Wildman–Crippen MR) is 68.2 cm³/mol. The molecular weight excluding hydrogens is 367 g/mol. The number of rotatable bonds is 3. The smallest absolute Gasteiger partial charge is 0.339 e. The number of carbonyl (C=O) groups excluding carboxylic acids is 1. The molecule has 0 fully saturated rings. The molecule has 0 saturated carbocycles. The molecule has 16 heavy (non-hydrogen) atoms. The third-order valence-electron chi connectivity index (χ3n) is 1.71. The standard InChI is InChI=1S/C9H8ClIO4S/c1-2-15-9(12)7-5-6(16(10,13)14)3-4-8(7)11/h3-5H,2H2,1H3. The minimum Gasteiger partial charge on any atom is -0.462 e. The van der Waals surface area contributed by atoms with E-state index in [4.69, 9.17) is 15.4 Å². The van der Waals surface area contributed by atoms with Crippen molar-refractivity contribution in [2.45, 2.75) is 11.8 Å². The van der Waals surface area contributed by atoms with E-state index in [9.17, 15) is 13.2 Å². The fraction of sp³-hybridized carbons (Fsp3) is 0.222. The van der Waals surface area contributed by atoms with Crippen molar-refractivity contribution in [3.8, 4) is 0 Å². The first-order valence-electron chi connectivity index (χ1n) is 4.27. The van der Waals surface area contributed by atoms with E-state index >= 15 is 0 Å². The molecule has 0 spiro atoms. The molecule has 0 aromatic heterocycles. The maximum absolute atomic E-state index is 11.5. The van der Waals surface area contributed by atoms with Gasteiger partial charge in [-0.15, -0.1) is 0 Å². The third kappa shape index (κ3) is 3.33. The Morgan fingerprint density at radius 3 is 2.62 bits per heavy atom. The summed E-state index contributed by atoms with van der Waals surface area (Å²) in [6.07, 6.45) is 0. The van der Waals surface area contributed by atoms with Gasteiger partial charge in [-0.25, -0.2) is 13.2 Å². The van der Waals surface area contributed by atoms with Crippen molar-refractivity contribution in [1.82, 2.24) is 0 Å². The zero-order valence-corrected chi connectivity index (χ0v) is 12.0. The molecule has 4 nitrogen and oxygen atoms in total. The van der Waals surface area contributed by atoms with E-state index < -0.39 is 15.0 Å². The van der Waals surface area contributed by atoms with Gasteiger partial charge in [-0.1, -0.05) is 0 Å². The molecule has 1 rings (SSSR count). The lowest BCUT2D eigenvalue weighted by molar-refractivity contribution is 0.0525. The van der Waals surface area contributed by atoms with Crippen LogP contribution in [0.15, 0.2) is 23.1 Å². The van der Waals surface area contributed by atoms with Crippen LogP contribution in [0.2, 0.25) is 0 Å². The van der Waals surface area contributed by atoms with Crippen LogP contribution in [0.25, 0.3) is 0 Å². The van der Waals surface area contributed by atoms with Crippen LogP contribution in [0.1, 0.15) is 17.3 Å². The van der Waals surface area contributed by atoms with Crippen molar-refractivity contribution in [2.24, 2.45) is 0 Å². The Kier molecular flexibility index (Phi) is 4.57. The highest BCUT2D eigenvalue weighted by molar-refractivity contribution is 14.1. The van der Waals surface area contributed by atoms with Crippen LogP contribution in [0.3, 0.4) is 0 Å². The molecule has 0 radical (unpaired) electrons. The number of ether oxygens (including phenoxy) is 1. The molecule has 0 aliphatic rings. The van der Waals surface area contributed by atoms with Crippen molar-refractivity contribution in [2.75, 3.05) is 6.61 Å². The number of hydrogen-bond donors (Lipinski definition) is 0. The molecule has 0 aliphatic carbocycles. The van der Waals surface area contributed by atoms with Crippen LogP contribution in [0, 0.1) is 3.57 Å². The Hall–Kier alpha value is -0.340. The molecule has 0 heterocycles. The van der Waals surface area contributed by atoms with E-state index in [0.29, 0.717) is 3.57 Å². The van der Waals surface area contributed by atoms with Crippen LogP contribution >= 0.6 is 33.3 Å². The van der Waals surface area contributed by atoms with Crippen molar-refractivity contribution in [3.05, 3.63) is 27.3 Å². The summed E-state index contributed by atoms with van der Waals surface area (Å²) in [5.74, 6) is -0.561. The van der Waals surface area contributed by atoms with Crippen LogP contribution in [-0.2, 0) is 13.8 Å². The number of halogens is 2. The first-order valence-corrected chi connectivity index (χ1v) is 7.66. The van der Waals surface area contributed by atoms with E-state index in [0.717, 1.165) is 0 Å². The second kappa shape index (κ2) is 5.33. The van der Waals surface area contributed by atoms with E-state index in [-0.39, 0.29) is 17.1 Å². The molecule has 0 amide bonds. The molecule has 88 valence electrons. The molecule has 0 unspecified atom stereocenters. The van der Waals surface area contributed by atoms with Gasteiger partial charge in [0.15, 0.2) is 0 Å². The molecule has 0 bridgehead atoms. The van der Waals surface area contributed by atoms with Gasteiger partial charge in [0.05, 0.1) is 17.1 Å². The van der Waals surface area contributed by atoms with Crippen molar-refractivity contribution in [3.63, 3.8) is 0 Å². The molecule has 1 aromatic carbocycles. The van der Waals surface area contributed by atoms with E-state index in [2.05, 4.69) is 0 Å². The lowest BCUT2D eigenvalue weighted by atomic mass is 10.2. The molecule has 7 heteroatoms. The van der Waals surface area contributed by atoms with Gasteiger partial charge in [-0.2, -0.15) is 0 Å². The van der Waals surface area contributed by atoms with Gasteiger partial charge in [0, 0.05) is 14.3 Å². The summed E-state index contributed by atoms with van der Waals surface area (Å²) in [4.78, 5) is 11.4. The second-order valence-corrected chi connectivity index (χ2v) is 6.53. The van der Waals surface area contributed by atoms with Gasteiger partial charge in [0.2, 0.25) is 0 Å². The van der Waals surface area contributed by atoms with Crippen LogP contribution in [-0.4, -0.2) is 21.0 Å². The Morgan fingerprint density at radius 2 is 2.12 bits per heavy atom. The summed E-state index contributed by atoms with van der Waals surface area (Å²) in [6.45, 7) is 1.90. The Labute approximate surface area is 111 Å². The first-order chi connectivity index (χ1) is 7.36. The quantitative estimate of drug-likeness (QED) is 0.463. The topological polar surface area (TPSA) is 60.4 Å². The summed E-state index contributed by atoms with van der Waals surface area (Å²) in [5, 5.41) is 0. The molecule has 0 saturated heterocycles. The summed E-state index contributed by atoms with van der Waals surface area (Å²) in [6, 6.07) is 4.05. The Morgan fingerprint density at radius 1 is 1.50 bits per heavy atom. The van der Waals surface area contributed by atoms with Crippen molar-refractivity contribution in [1.29, 1.82) is 0 Å². The van der Waals surface area contributed by atoms with Gasteiger partial charge < -0.3 is 4.74 Å². The van der Waals surface area contributed by atoms with E-state index in [1.807, 2.05) is 22.6 Å². The molecule has 0 aliphatic heterocycles. The summed E-state index contributed by atoms with van der Waals surface area (Å²) < 4.78 is 27.6. The predicted octanol–water partition coefficient (Wildman–Crippen LogP) is 2.40. The Balaban J connectivity index is 3.24. The van der Waals surface area contributed by atoms with Gasteiger partial charge in [-0.3, -0.25) is 0 Å². The lowest BCUT2D eigenvalue weighted by Crippen LogP contribution is -2.07. The SMILES string of the molecule is CCOC(=O)c1cc(S(=O)(=O)Cl)ccc1I. The van der Waals surface area contributed by atoms with E-state index in [1.165, 1.54) is 18.2 Å². The zero-order chi connectivity index (χ0) is 12.3. The normalized spacial score (nSPS) is 11.2. The molecule has 0 atom stereocenters. The van der Waals surface area contributed by atoms with Gasteiger partial charge in [0.25, 0.3) is 9.05 Å². The van der Waals surface area contributed by atoms with Crippen LogP contribution in [0.5, 0.6) is 0 Å². The minimum atomic E-state index is -3.83. The molecule has 1 aromatic rings. The highest BCUT2D eigenvalue weighted by atomic mass is 127. The summed E-state index contributed by atoms with van der Waals surface area (Å²) in [7, 11) is 1.35. The highest BCUT2D eigenvalue weighted by Crippen LogP contribution is 2.21. The molecular formula is C9H8ClIO4S. The van der Waals surface area contributed by atoms with Gasteiger partial charge in [0.1, 0.15) is 0 Å².